The Bertz CT molecular complexity index is 1180. The molecule has 0 saturated carbocycles. The summed E-state index contributed by atoms with van der Waals surface area (Å²) in [6.45, 7) is 1.87. The zero-order chi connectivity index (χ0) is 21.9. The molecular formula is C22H20F2N2O3S. The number of halogens is 2. The summed E-state index contributed by atoms with van der Waals surface area (Å²) in [6.07, 6.45) is 0. The molecular weight excluding hydrogens is 410 g/mol. The van der Waals surface area contributed by atoms with E-state index in [4.69, 9.17) is 0 Å². The molecule has 0 saturated heterocycles. The van der Waals surface area contributed by atoms with E-state index in [0.29, 0.717) is 11.1 Å². The van der Waals surface area contributed by atoms with Crippen LogP contribution in [0, 0.1) is 18.6 Å². The summed E-state index contributed by atoms with van der Waals surface area (Å²) in [4.78, 5) is 14.2. The Balaban J connectivity index is 1.84. The average Bonchev–Trinajstić information content (AvgIpc) is 2.69. The van der Waals surface area contributed by atoms with Gasteiger partial charge in [-0.1, -0.05) is 18.2 Å². The number of hydrogen-bond acceptors (Lipinski definition) is 3. The normalized spacial score (nSPS) is 11.2. The lowest BCUT2D eigenvalue weighted by atomic mass is 10.1. The Labute approximate surface area is 174 Å². The van der Waals surface area contributed by atoms with Gasteiger partial charge in [-0.3, -0.25) is 9.52 Å². The third-order valence-corrected chi connectivity index (χ3v) is 5.88. The second-order valence-electron chi connectivity index (χ2n) is 6.88. The van der Waals surface area contributed by atoms with Gasteiger partial charge in [0.05, 0.1) is 4.90 Å². The number of carbonyl (C=O) groups excluding carboxylic acids is 1. The van der Waals surface area contributed by atoms with Gasteiger partial charge in [0.15, 0.2) is 0 Å². The molecule has 1 N–H and O–H groups in total. The molecule has 1 amide bonds. The Hall–Kier alpha value is -3.26. The van der Waals surface area contributed by atoms with E-state index in [1.807, 2.05) is 0 Å². The van der Waals surface area contributed by atoms with Crippen molar-refractivity contribution in [3.63, 3.8) is 0 Å². The van der Waals surface area contributed by atoms with Crippen molar-refractivity contribution in [3.05, 3.63) is 95.1 Å². The molecule has 30 heavy (non-hydrogen) atoms. The monoisotopic (exact) mass is 430 g/mol. The van der Waals surface area contributed by atoms with Gasteiger partial charge in [-0.05, 0) is 66.6 Å². The molecule has 8 heteroatoms. The number of carbonyl (C=O) groups is 1. The van der Waals surface area contributed by atoms with Crippen molar-refractivity contribution < 1.29 is 22.0 Å². The van der Waals surface area contributed by atoms with Crippen molar-refractivity contribution in [2.45, 2.75) is 18.4 Å². The highest BCUT2D eigenvalue weighted by Crippen LogP contribution is 2.21. The Morgan fingerprint density at radius 2 is 1.67 bits per heavy atom. The predicted octanol–water partition coefficient (Wildman–Crippen LogP) is 4.35. The first kappa shape index (κ1) is 21.4. The molecule has 0 aliphatic heterocycles. The van der Waals surface area contributed by atoms with Crippen molar-refractivity contribution in [2.75, 3.05) is 11.8 Å². The van der Waals surface area contributed by atoms with Crippen LogP contribution in [0.3, 0.4) is 0 Å². The van der Waals surface area contributed by atoms with Crippen LogP contribution in [-0.2, 0) is 16.6 Å². The van der Waals surface area contributed by atoms with Gasteiger partial charge in [-0.15, -0.1) is 0 Å². The van der Waals surface area contributed by atoms with Gasteiger partial charge in [0.25, 0.3) is 15.9 Å². The van der Waals surface area contributed by atoms with Crippen LogP contribution in [0.5, 0.6) is 0 Å². The largest absolute Gasteiger partial charge is 0.337 e. The molecule has 0 spiro atoms. The summed E-state index contributed by atoms with van der Waals surface area (Å²) in [5.74, 6) is -1.28. The van der Waals surface area contributed by atoms with Gasteiger partial charge < -0.3 is 4.90 Å². The zero-order valence-electron chi connectivity index (χ0n) is 16.4. The number of sulfonamides is 1. The molecule has 0 heterocycles. The number of nitrogens with zero attached hydrogens (tertiary/aromatic N) is 1. The van der Waals surface area contributed by atoms with Gasteiger partial charge in [-0.25, -0.2) is 17.2 Å². The van der Waals surface area contributed by atoms with E-state index in [9.17, 15) is 22.0 Å². The second-order valence-corrected chi connectivity index (χ2v) is 8.56. The molecule has 0 unspecified atom stereocenters. The Morgan fingerprint density at radius 1 is 0.967 bits per heavy atom. The highest BCUT2D eigenvalue weighted by molar-refractivity contribution is 7.92. The van der Waals surface area contributed by atoms with Crippen LogP contribution in [0.15, 0.2) is 71.6 Å². The first-order chi connectivity index (χ1) is 14.2. The molecule has 0 bridgehead atoms. The Morgan fingerprint density at radius 3 is 2.33 bits per heavy atom. The number of hydrogen-bond donors (Lipinski definition) is 1. The Kier molecular flexibility index (Phi) is 6.17. The van der Waals surface area contributed by atoms with Crippen molar-refractivity contribution in [1.82, 2.24) is 4.90 Å². The fourth-order valence-corrected chi connectivity index (χ4v) is 4.00. The second kappa shape index (κ2) is 8.62. The van der Waals surface area contributed by atoms with E-state index in [-0.39, 0.29) is 22.7 Å². The summed E-state index contributed by atoms with van der Waals surface area (Å²) >= 11 is 0. The van der Waals surface area contributed by atoms with E-state index in [1.165, 1.54) is 41.3 Å². The van der Waals surface area contributed by atoms with Crippen molar-refractivity contribution in [3.8, 4) is 0 Å². The summed E-state index contributed by atoms with van der Waals surface area (Å²) < 4.78 is 54.2. The maximum absolute atomic E-state index is 13.4. The first-order valence-electron chi connectivity index (χ1n) is 9.05. The van der Waals surface area contributed by atoms with Crippen molar-refractivity contribution >= 4 is 21.6 Å². The number of nitrogens with one attached hydrogen (secondary N) is 1. The third kappa shape index (κ3) is 5.01. The van der Waals surface area contributed by atoms with E-state index < -0.39 is 27.6 Å². The lowest BCUT2D eigenvalue weighted by Gasteiger charge is -2.19. The van der Waals surface area contributed by atoms with Crippen LogP contribution in [-0.4, -0.2) is 26.3 Å². The highest BCUT2D eigenvalue weighted by atomic mass is 32.2. The van der Waals surface area contributed by atoms with Crippen LogP contribution >= 0.6 is 0 Å². The minimum Gasteiger partial charge on any atom is -0.337 e. The van der Waals surface area contributed by atoms with Gasteiger partial charge in [-0.2, -0.15) is 0 Å². The summed E-state index contributed by atoms with van der Waals surface area (Å²) in [7, 11) is -2.42. The molecule has 0 fully saturated rings. The van der Waals surface area contributed by atoms with Crippen LogP contribution in [0.2, 0.25) is 0 Å². The molecule has 5 nitrogen and oxygen atoms in total. The van der Waals surface area contributed by atoms with Gasteiger partial charge in [0.1, 0.15) is 11.6 Å². The fourth-order valence-electron chi connectivity index (χ4n) is 2.92. The van der Waals surface area contributed by atoms with Gasteiger partial charge in [0, 0.05) is 24.8 Å². The summed E-state index contributed by atoms with van der Waals surface area (Å²) in [5, 5.41) is 0. The zero-order valence-corrected chi connectivity index (χ0v) is 17.2. The SMILES string of the molecule is Cc1ccc(S(=O)(=O)Nc2ccc(F)cc2)cc1C(=O)N(C)Cc1cccc(F)c1. The quantitative estimate of drug-likeness (QED) is 0.632. The maximum atomic E-state index is 13.4. The summed E-state index contributed by atoms with van der Waals surface area (Å²) in [5.41, 5.74) is 1.64. The minimum atomic E-state index is -3.98. The smallest absolute Gasteiger partial charge is 0.261 e. The molecule has 3 aromatic rings. The number of anilines is 1. The number of benzene rings is 3. The number of aryl methyl sites for hydroxylation is 1. The van der Waals surface area contributed by atoms with E-state index in [1.54, 1.807) is 32.2 Å². The first-order valence-corrected chi connectivity index (χ1v) is 10.5. The third-order valence-electron chi connectivity index (χ3n) is 4.50. The standard InChI is InChI=1S/C22H20F2N2O3S/c1-15-6-11-20(30(28,29)25-19-9-7-17(23)8-10-19)13-21(15)22(27)26(2)14-16-4-3-5-18(24)12-16/h3-13,25H,14H2,1-2H3. The van der Waals surface area contributed by atoms with E-state index in [0.717, 1.165) is 12.1 Å². The van der Waals surface area contributed by atoms with Gasteiger partial charge in [0.2, 0.25) is 0 Å². The van der Waals surface area contributed by atoms with Crippen LogP contribution in [0.1, 0.15) is 21.5 Å². The molecule has 3 rings (SSSR count). The van der Waals surface area contributed by atoms with Crippen LogP contribution in [0.4, 0.5) is 14.5 Å². The molecule has 0 atom stereocenters. The lowest BCUT2D eigenvalue weighted by Crippen LogP contribution is -2.27. The fraction of sp³-hybridized carbons (Fsp3) is 0.136. The summed E-state index contributed by atoms with van der Waals surface area (Å²) in [6, 6.07) is 15.0. The average molecular weight is 430 g/mol. The molecule has 0 aliphatic carbocycles. The number of amides is 1. The lowest BCUT2D eigenvalue weighted by molar-refractivity contribution is 0.0784. The molecule has 0 aliphatic rings. The molecule has 3 aromatic carbocycles. The predicted molar refractivity (Wildman–Crippen MR) is 111 cm³/mol. The topological polar surface area (TPSA) is 66.5 Å². The molecule has 0 aromatic heterocycles. The van der Waals surface area contributed by atoms with Crippen LogP contribution < -0.4 is 4.72 Å². The highest BCUT2D eigenvalue weighted by Gasteiger charge is 2.20. The van der Waals surface area contributed by atoms with Crippen LogP contribution in [0.25, 0.3) is 0 Å². The van der Waals surface area contributed by atoms with Crippen molar-refractivity contribution in [2.24, 2.45) is 0 Å². The van der Waals surface area contributed by atoms with Crippen molar-refractivity contribution in [1.29, 1.82) is 0 Å². The molecule has 156 valence electrons. The number of rotatable bonds is 6. The van der Waals surface area contributed by atoms with Gasteiger partial charge >= 0.3 is 0 Å². The maximum Gasteiger partial charge on any atom is 0.261 e. The minimum absolute atomic E-state index is 0.0973. The van der Waals surface area contributed by atoms with E-state index in [2.05, 4.69) is 4.72 Å². The van der Waals surface area contributed by atoms with E-state index >= 15 is 0 Å². The molecule has 0 radical (unpaired) electrons.